The fourth-order valence-electron chi connectivity index (χ4n) is 1.61. The number of benzene rings is 1. The maximum Gasteiger partial charge on any atom is 0.165 e. The second kappa shape index (κ2) is 7.43. The number of Topliss-reactive ketones (excluding diaryl/α,β-unsaturated/α-hetero) is 1. The minimum atomic E-state index is -0.315. The quantitative estimate of drug-likeness (QED) is 0.556. The summed E-state index contributed by atoms with van der Waals surface area (Å²) >= 11 is 5.75. The van der Waals surface area contributed by atoms with Gasteiger partial charge in [0.15, 0.2) is 5.78 Å². The summed E-state index contributed by atoms with van der Waals surface area (Å²) in [5.74, 6) is 0.335. The van der Waals surface area contributed by atoms with Gasteiger partial charge < -0.3 is 9.47 Å². The molecule has 0 bridgehead atoms. The van der Waals surface area contributed by atoms with Crippen LogP contribution in [0.2, 0.25) is 0 Å². The van der Waals surface area contributed by atoms with Crippen LogP contribution in [0.25, 0.3) is 0 Å². The van der Waals surface area contributed by atoms with Crippen LogP contribution in [0.15, 0.2) is 30.3 Å². The van der Waals surface area contributed by atoms with Crippen molar-refractivity contribution >= 4 is 17.4 Å². The largest absolute Gasteiger partial charge is 0.378 e. The third-order valence-electron chi connectivity index (χ3n) is 2.65. The van der Waals surface area contributed by atoms with E-state index in [0.717, 1.165) is 0 Å². The number of hydrogen-bond acceptors (Lipinski definition) is 3. The van der Waals surface area contributed by atoms with Crippen LogP contribution in [0.3, 0.4) is 0 Å². The van der Waals surface area contributed by atoms with Crippen LogP contribution < -0.4 is 0 Å². The van der Waals surface area contributed by atoms with E-state index in [1.807, 2.05) is 18.2 Å². The Bertz CT molecular complexity index is 336. The SMILES string of the molecule is COC(CCl)C(CC(=O)c1ccccc1)OC. The molecule has 0 radical (unpaired) electrons. The summed E-state index contributed by atoms with van der Waals surface area (Å²) in [6, 6.07) is 9.13. The molecule has 0 saturated carbocycles. The van der Waals surface area contributed by atoms with Crippen LogP contribution in [0.1, 0.15) is 16.8 Å². The summed E-state index contributed by atoms with van der Waals surface area (Å²) in [5.41, 5.74) is 0.680. The first-order valence-electron chi connectivity index (χ1n) is 5.42. The number of rotatable bonds is 7. The predicted molar refractivity (Wildman–Crippen MR) is 67.7 cm³/mol. The van der Waals surface area contributed by atoms with Gasteiger partial charge in [0.1, 0.15) is 0 Å². The average molecular weight is 257 g/mol. The molecule has 0 aliphatic carbocycles. The highest BCUT2D eigenvalue weighted by Gasteiger charge is 2.23. The predicted octanol–water partition coefficient (Wildman–Crippen LogP) is 2.53. The van der Waals surface area contributed by atoms with Gasteiger partial charge in [-0.25, -0.2) is 0 Å². The van der Waals surface area contributed by atoms with Crippen molar-refractivity contribution in [2.45, 2.75) is 18.6 Å². The minimum Gasteiger partial charge on any atom is -0.378 e. The Labute approximate surface area is 107 Å². The molecule has 2 unspecified atom stereocenters. The van der Waals surface area contributed by atoms with E-state index in [-0.39, 0.29) is 24.4 Å². The van der Waals surface area contributed by atoms with E-state index in [4.69, 9.17) is 21.1 Å². The highest BCUT2D eigenvalue weighted by Crippen LogP contribution is 2.13. The molecule has 0 fully saturated rings. The first-order valence-corrected chi connectivity index (χ1v) is 5.96. The highest BCUT2D eigenvalue weighted by molar-refractivity contribution is 6.18. The standard InChI is InChI=1S/C13H17ClO3/c1-16-12(13(9-14)17-2)8-11(15)10-6-4-3-5-7-10/h3-7,12-13H,8-9H2,1-2H3. The molecular weight excluding hydrogens is 240 g/mol. The molecule has 0 spiro atoms. The molecule has 0 aliphatic rings. The molecule has 0 saturated heterocycles. The Hall–Kier alpha value is -0.900. The van der Waals surface area contributed by atoms with Gasteiger partial charge in [0.2, 0.25) is 0 Å². The maximum atomic E-state index is 12.0. The lowest BCUT2D eigenvalue weighted by molar-refractivity contribution is -0.0247. The molecule has 3 nitrogen and oxygen atoms in total. The third kappa shape index (κ3) is 4.11. The van der Waals surface area contributed by atoms with E-state index in [9.17, 15) is 4.79 Å². The number of alkyl halides is 1. The van der Waals surface area contributed by atoms with Gasteiger partial charge in [-0.1, -0.05) is 30.3 Å². The molecule has 0 amide bonds. The topological polar surface area (TPSA) is 35.5 Å². The minimum absolute atomic E-state index is 0.0321. The molecule has 2 atom stereocenters. The molecule has 4 heteroatoms. The lowest BCUT2D eigenvalue weighted by Gasteiger charge is -2.22. The van der Waals surface area contributed by atoms with Crippen LogP contribution in [0.5, 0.6) is 0 Å². The van der Waals surface area contributed by atoms with E-state index in [2.05, 4.69) is 0 Å². The number of carbonyl (C=O) groups is 1. The molecule has 1 aromatic rings. The molecule has 17 heavy (non-hydrogen) atoms. The number of methoxy groups -OCH3 is 2. The normalized spacial score (nSPS) is 14.3. The van der Waals surface area contributed by atoms with E-state index in [1.54, 1.807) is 26.4 Å². The molecular formula is C13H17ClO3. The average Bonchev–Trinajstić information content (AvgIpc) is 2.39. The summed E-state index contributed by atoms with van der Waals surface area (Å²) in [4.78, 5) is 12.0. The van der Waals surface area contributed by atoms with Gasteiger partial charge in [0.05, 0.1) is 18.1 Å². The first kappa shape index (κ1) is 14.2. The Kier molecular flexibility index (Phi) is 6.19. The smallest absolute Gasteiger partial charge is 0.165 e. The zero-order chi connectivity index (χ0) is 12.7. The van der Waals surface area contributed by atoms with Gasteiger partial charge in [0, 0.05) is 26.2 Å². The van der Waals surface area contributed by atoms with Gasteiger partial charge in [-0.15, -0.1) is 11.6 Å². The van der Waals surface area contributed by atoms with Crippen LogP contribution in [-0.2, 0) is 9.47 Å². The monoisotopic (exact) mass is 256 g/mol. The lowest BCUT2D eigenvalue weighted by atomic mass is 10.0. The summed E-state index contributed by atoms with van der Waals surface area (Å²) in [5, 5.41) is 0. The Balaban J connectivity index is 2.66. The number of carbonyl (C=O) groups excluding carboxylic acids is 1. The first-order chi connectivity index (χ1) is 8.22. The van der Waals surface area contributed by atoms with E-state index < -0.39 is 0 Å². The fourth-order valence-corrected chi connectivity index (χ4v) is 1.93. The van der Waals surface area contributed by atoms with Gasteiger partial charge >= 0.3 is 0 Å². The molecule has 0 aliphatic heterocycles. The Morgan fingerprint density at radius 1 is 1.18 bits per heavy atom. The van der Waals surface area contributed by atoms with Crippen molar-refractivity contribution in [3.05, 3.63) is 35.9 Å². The number of hydrogen-bond donors (Lipinski definition) is 0. The second-order valence-corrected chi connectivity index (χ2v) is 4.00. The van der Waals surface area contributed by atoms with E-state index >= 15 is 0 Å². The molecule has 94 valence electrons. The zero-order valence-corrected chi connectivity index (χ0v) is 10.8. The van der Waals surface area contributed by atoms with Crippen LogP contribution in [0.4, 0.5) is 0 Å². The Morgan fingerprint density at radius 3 is 2.24 bits per heavy atom. The fraction of sp³-hybridized carbons (Fsp3) is 0.462. The zero-order valence-electron chi connectivity index (χ0n) is 10.1. The highest BCUT2D eigenvalue weighted by atomic mass is 35.5. The maximum absolute atomic E-state index is 12.0. The lowest BCUT2D eigenvalue weighted by Crippen LogP contribution is -2.33. The summed E-state index contributed by atoms with van der Waals surface area (Å²) in [6.07, 6.45) is -0.314. The van der Waals surface area contributed by atoms with Crippen LogP contribution in [-0.4, -0.2) is 38.1 Å². The molecule has 1 rings (SSSR count). The second-order valence-electron chi connectivity index (χ2n) is 3.70. The molecule has 0 N–H and O–H groups in total. The van der Waals surface area contributed by atoms with Gasteiger partial charge in [-0.05, 0) is 0 Å². The van der Waals surface area contributed by atoms with Crippen molar-refractivity contribution in [1.29, 1.82) is 0 Å². The number of ether oxygens (including phenoxy) is 2. The van der Waals surface area contributed by atoms with Crippen molar-refractivity contribution in [3.8, 4) is 0 Å². The molecule has 1 aromatic carbocycles. The van der Waals surface area contributed by atoms with Gasteiger partial charge in [-0.3, -0.25) is 4.79 Å². The summed E-state index contributed by atoms with van der Waals surface area (Å²) < 4.78 is 10.4. The van der Waals surface area contributed by atoms with Crippen LogP contribution in [0, 0.1) is 0 Å². The number of halogens is 1. The van der Waals surface area contributed by atoms with Crippen molar-refractivity contribution in [2.75, 3.05) is 20.1 Å². The summed E-state index contributed by atoms with van der Waals surface area (Å²) in [6.45, 7) is 0. The van der Waals surface area contributed by atoms with Crippen molar-refractivity contribution in [3.63, 3.8) is 0 Å². The van der Waals surface area contributed by atoms with Crippen LogP contribution >= 0.6 is 11.6 Å². The van der Waals surface area contributed by atoms with Crippen molar-refractivity contribution in [2.24, 2.45) is 0 Å². The number of ketones is 1. The van der Waals surface area contributed by atoms with Gasteiger partial charge in [-0.2, -0.15) is 0 Å². The molecule has 0 aromatic heterocycles. The summed E-state index contributed by atoms with van der Waals surface area (Å²) in [7, 11) is 3.12. The van der Waals surface area contributed by atoms with Crippen molar-refractivity contribution < 1.29 is 14.3 Å². The van der Waals surface area contributed by atoms with Crippen molar-refractivity contribution in [1.82, 2.24) is 0 Å². The molecule has 0 heterocycles. The van der Waals surface area contributed by atoms with E-state index in [1.165, 1.54) is 0 Å². The Morgan fingerprint density at radius 2 is 1.76 bits per heavy atom. The third-order valence-corrected chi connectivity index (χ3v) is 2.96. The van der Waals surface area contributed by atoms with E-state index in [0.29, 0.717) is 11.4 Å². The van der Waals surface area contributed by atoms with Gasteiger partial charge in [0.25, 0.3) is 0 Å².